The van der Waals surface area contributed by atoms with Gasteiger partial charge in [0.1, 0.15) is 0 Å². The van der Waals surface area contributed by atoms with E-state index in [9.17, 15) is 9.59 Å². The van der Waals surface area contributed by atoms with Crippen molar-refractivity contribution in [2.75, 3.05) is 0 Å². The number of rotatable bonds is 5. The number of hydrazine groups is 1. The molecule has 0 saturated heterocycles. The Bertz CT molecular complexity index is 711. The van der Waals surface area contributed by atoms with Crippen LogP contribution in [0.4, 0.5) is 0 Å². The molecule has 2 aromatic carbocycles. The topological polar surface area (TPSA) is 58.2 Å². The number of carbonyl (C=O) groups is 2. The zero-order valence-electron chi connectivity index (χ0n) is 14.4. The molecule has 2 amide bonds. The van der Waals surface area contributed by atoms with Gasteiger partial charge in [-0.15, -0.1) is 0 Å². The number of benzene rings is 2. The van der Waals surface area contributed by atoms with Gasteiger partial charge in [0.25, 0.3) is 5.91 Å². The van der Waals surface area contributed by atoms with Crippen molar-refractivity contribution in [2.45, 2.75) is 39.5 Å². The molecule has 24 heavy (non-hydrogen) atoms. The Morgan fingerprint density at radius 2 is 1.71 bits per heavy atom. The largest absolute Gasteiger partial charge is 0.273 e. The lowest BCUT2D eigenvalue weighted by Gasteiger charge is -2.17. The van der Waals surface area contributed by atoms with E-state index in [1.165, 1.54) is 0 Å². The zero-order valence-corrected chi connectivity index (χ0v) is 14.4. The predicted molar refractivity (Wildman–Crippen MR) is 95.6 cm³/mol. The average Bonchev–Trinajstić information content (AvgIpc) is 2.58. The van der Waals surface area contributed by atoms with Crippen LogP contribution in [0.15, 0.2) is 48.5 Å². The summed E-state index contributed by atoms with van der Waals surface area (Å²) in [5.41, 5.74) is 8.60. The van der Waals surface area contributed by atoms with Crippen molar-refractivity contribution in [2.24, 2.45) is 0 Å². The lowest BCUT2D eigenvalue weighted by Crippen LogP contribution is -2.44. The third-order valence-corrected chi connectivity index (χ3v) is 4.02. The van der Waals surface area contributed by atoms with Gasteiger partial charge in [-0.05, 0) is 37.5 Å². The van der Waals surface area contributed by atoms with Gasteiger partial charge in [0.05, 0.1) is 5.92 Å². The monoisotopic (exact) mass is 324 g/mol. The summed E-state index contributed by atoms with van der Waals surface area (Å²) in [6.07, 6.45) is 1.62. The summed E-state index contributed by atoms with van der Waals surface area (Å²) < 4.78 is 0. The minimum atomic E-state index is -0.302. The first kappa shape index (κ1) is 17.7. The molecule has 0 aliphatic heterocycles. The summed E-state index contributed by atoms with van der Waals surface area (Å²) in [4.78, 5) is 24.8. The van der Waals surface area contributed by atoms with Gasteiger partial charge in [-0.1, -0.05) is 61.4 Å². The molecule has 0 radical (unpaired) electrons. The zero-order chi connectivity index (χ0) is 17.5. The minimum Gasteiger partial charge on any atom is -0.273 e. The van der Waals surface area contributed by atoms with E-state index in [1.807, 2.05) is 63.2 Å². The number of amides is 2. The fourth-order valence-corrected chi connectivity index (χ4v) is 2.76. The molecule has 0 bridgehead atoms. The van der Waals surface area contributed by atoms with Gasteiger partial charge in [-0.3, -0.25) is 20.4 Å². The number of hydrogen-bond donors (Lipinski definition) is 2. The van der Waals surface area contributed by atoms with Crippen molar-refractivity contribution in [1.29, 1.82) is 0 Å². The summed E-state index contributed by atoms with van der Waals surface area (Å²) in [6, 6.07) is 15.2. The highest BCUT2D eigenvalue weighted by atomic mass is 16.2. The van der Waals surface area contributed by atoms with Crippen LogP contribution < -0.4 is 10.9 Å². The molecule has 126 valence electrons. The maximum atomic E-state index is 12.5. The molecule has 0 heterocycles. The number of carbonyl (C=O) groups excluding carboxylic acids is 2. The highest BCUT2D eigenvalue weighted by Gasteiger charge is 2.20. The standard InChI is InChI=1S/C20H24N2O2/c1-4-8-18(16-9-6-5-7-10-16)20(24)22-21-19(23)17-12-11-14(2)13-15(17)3/h5-7,9-13,18H,4,8H2,1-3H3,(H,21,23)(H,22,24)/t18-/m1/s1. The van der Waals surface area contributed by atoms with E-state index < -0.39 is 0 Å². The summed E-state index contributed by atoms with van der Waals surface area (Å²) >= 11 is 0. The van der Waals surface area contributed by atoms with Crippen molar-refractivity contribution in [1.82, 2.24) is 10.9 Å². The number of hydrogen-bond acceptors (Lipinski definition) is 2. The lowest BCUT2D eigenvalue weighted by molar-refractivity contribution is -0.123. The third-order valence-electron chi connectivity index (χ3n) is 4.02. The second-order valence-electron chi connectivity index (χ2n) is 6.01. The second kappa shape index (κ2) is 8.29. The maximum Gasteiger partial charge on any atom is 0.269 e. The fraction of sp³-hybridized carbons (Fsp3) is 0.300. The molecule has 1 atom stereocenters. The van der Waals surface area contributed by atoms with E-state index in [2.05, 4.69) is 10.9 Å². The summed E-state index contributed by atoms with van der Waals surface area (Å²) in [7, 11) is 0. The van der Waals surface area contributed by atoms with Crippen molar-refractivity contribution in [3.63, 3.8) is 0 Å². The van der Waals surface area contributed by atoms with Crippen molar-refractivity contribution >= 4 is 11.8 Å². The van der Waals surface area contributed by atoms with Crippen LogP contribution >= 0.6 is 0 Å². The fourth-order valence-electron chi connectivity index (χ4n) is 2.76. The maximum absolute atomic E-state index is 12.5. The van der Waals surface area contributed by atoms with Gasteiger partial charge in [0.2, 0.25) is 5.91 Å². The molecule has 0 unspecified atom stereocenters. The molecule has 2 aromatic rings. The summed E-state index contributed by atoms with van der Waals surface area (Å²) in [5, 5.41) is 0. The van der Waals surface area contributed by atoms with Crippen LogP contribution in [0.5, 0.6) is 0 Å². The molecule has 0 spiro atoms. The van der Waals surface area contributed by atoms with E-state index in [1.54, 1.807) is 6.07 Å². The molecule has 0 saturated carbocycles. The number of nitrogens with one attached hydrogen (secondary N) is 2. The first-order chi connectivity index (χ1) is 11.5. The van der Waals surface area contributed by atoms with Crippen LogP contribution in [0.25, 0.3) is 0 Å². The minimum absolute atomic E-state index is 0.193. The summed E-state index contributed by atoms with van der Waals surface area (Å²) in [6.45, 7) is 5.90. The molecule has 4 nitrogen and oxygen atoms in total. The Morgan fingerprint density at radius 3 is 2.33 bits per heavy atom. The number of aryl methyl sites for hydroxylation is 2. The Labute approximate surface area is 143 Å². The molecule has 4 heteroatoms. The van der Waals surface area contributed by atoms with Gasteiger partial charge in [-0.2, -0.15) is 0 Å². The normalized spacial score (nSPS) is 11.6. The molecule has 0 fully saturated rings. The van der Waals surface area contributed by atoms with Gasteiger partial charge in [0.15, 0.2) is 0 Å². The van der Waals surface area contributed by atoms with Crippen LogP contribution in [-0.2, 0) is 4.79 Å². The molecular formula is C20H24N2O2. The smallest absolute Gasteiger partial charge is 0.269 e. The average molecular weight is 324 g/mol. The van der Waals surface area contributed by atoms with Crippen molar-refractivity contribution in [3.8, 4) is 0 Å². The van der Waals surface area contributed by atoms with Crippen LogP contribution in [-0.4, -0.2) is 11.8 Å². The van der Waals surface area contributed by atoms with Crippen molar-refractivity contribution < 1.29 is 9.59 Å². The van der Waals surface area contributed by atoms with E-state index in [-0.39, 0.29) is 17.7 Å². The third kappa shape index (κ3) is 4.44. The Morgan fingerprint density at radius 1 is 1.00 bits per heavy atom. The Hall–Kier alpha value is -2.62. The van der Waals surface area contributed by atoms with Crippen LogP contribution in [0, 0.1) is 13.8 Å². The van der Waals surface area contributed by atoms with Gasteiger partial charge in [-0.25, -0.2) is 0 Å². The molecule has 2 N–H and O–H groups in total. The van der Waals surface area contributed by atoms with Crippen LogP contribution in [0.3, 0.4) is 0 Å². The molecule has 2 rings (SSSR count). The van der Waals surface area contributed by atoms with Gasteiger partial charge >= 0.3 is 0 Å². The molecular weight excluding hydrogens is 300 g/mol. The van der Waals surface area contributed by atoms with E-state index in [4.69, 9.17) is 0 Å². The second-order valence-corrected chi connectivity index (χ2v) is 6.01. The highest BCUT2D eigenvalue weighted by molar-refractivity contribution is 5.97. The Balaban J connectivity index is 2.03. The highest BCUT2D eigenvalue weighted by Crippen LogP contribution is 2.21. The first-order valence-corrected chi connectivity index (χ1v) is 8.25. The van der Waals surface area contributed by atoms with Crippen LogP contribution in [0.1, 0.15) is 52.7 Å². The van der Waals surface area contributed by atoms with E-state index in [0.717, 1.165) is 29.5 Å². The van der Waals surface area contributed by atoms with Crippen LogP contribution in [0.2, 0.25) is 0 Å². The van der Waals surface area contributed by atoms with Gasteiger partial charge < -0.3 is 0 Å². The predicted octanol–water partition coefficient (Wildman–Crippen LogP) is 3.65. The first-order valence-electron chi connectivity index (χ1n) is 8.25. The Kier molecular flexibility index (Phi) is 6.13. The molecule has 0 aliphatic rings. The molecule has 0 aliphatic carbocycles. The quantitative estimate of drug-likeness (QED) is 0.825. The SMILES string of the molecule is CCC[C@@H](C(=O)NNC(=O)c1ccc(C)cc1C)c1ccccc1. The molecule has 0 aromatic heterocycles. The van der Waals surface area contributed by atoms with E-state index in [0.29, 0.717) is 5.56 Å². The van der Waals surface area contributed by atoms with Gasteiger partial charge in [0, 0.05) is 5.56 Å². The van der Waals surface area contributed by atoms with Crippen molar-refractivity contribution in [3.05, 3.63) is 70.8 Å². The lowest BCUT2D eigenvalue weighted by atomic mass is 9.94. The summed E-state index contributed by atoms with van der Waals surface area (Å²) in [5.74, 6) is -0.763. The van der Waals surface area contributed by atoms with E-state index >= 15 is 0 Å².